The predicted octanol–water partition coefficient (Wildman–Crippen LogP) is 5.62. The molecule has 0 saturated carbocycles. The Kier molecular flexibility index (Phi) is 19.1. The molecule has 3 heteroatoms. The minimum Gasteiger partial charge on any atom is -0.391 e. The summed E-state index contributed by atoms with van der Waals surface area (Å²) in [7, 11) is 0. The van der Waals surface area contributed by atoms with Crippen molar-refractivity contribution >= 4 is 0 Å². The number of hydrogen-bond donors (Lipinski definition) is 2. The summed E-state index contributed by atoms with van der Waals surface area (Å²) in [5.41, 5.74) is 0. The molecule has 0 aliphatic rings. The zero-order chi connectivity index (χ0) is 17.9. The third-order valence-electron chi connectivity index (χ3n) is 4.56. The van der Waals surface area contributed by atoms with Gasteiger partial charge in [0.1, 0.15) is 0 Å². The SMILES string of the molecule is CCCCCCCCCCCCCCCCC(O)COCC(C)O. The van der Waals surface area contributed by atoms with Gasteiger partial charge >= 0.3 is 0 Å². The molecule has 0 radical (unpaired) electrons. The molecule has 0 aliphatic heterocycles. The van der Waals surface area contributed by atoms with Crippen LogP contribution in [0.4, 0.5) is 0 Å². The fraction of sp³-hybridized carbons (Fsp3) is 1.00. The van der Waals surface area contributed by atoms with E-state index in [-0.39, 0.29) is 6.10 Å². The Morgan fingerprint density at radius 3 is 1.46 bits per heavy atom. The van der Waals surface area contributed by atoms with Crippen molar-refractivity contribution < 1.29 is 14.9 Å². The zero-order valence-electron chi connectivity index (χ0n) is 16.5. The van der Waals surface area contributed by atoms with Gasteiger partial charge in [0.05, 0.1) is 25.4 Å². The van der Waals surface area contributed by atoms with Crippen LogP contribution in [0, 0.1) is 0 Å². The molecule has 0 fully saturated rings. The number of ether oxygens (including phenoxy) is 1. The molecule has 0 spiro atoms. The lowest BCUT2D eigenvalue weighted by molar-refractivity contribution is -0.00504. The molecule has 0 amide bonds. The summed E-state index contributed by atoms with van der Waals surface area (Å²) in [6, 6.07) is 0. The normalized spacial score (nSPS) is 14.0. The van der Waals surface area contributed by atoms with Gasteiger partial charge in [-0.1, -0.05) is 96.8 Å². The van der Waals surface area contributed by atoms with Gasteiger partial charge in [-0.25, -0.2) is 0 Å². The van der Waals surface area contributed by atoms with E-state index in [9.17, 15) is 5.11 Å². The van der Waals surface area contributed by atoms with E-state index >= 15 is 0 Å². The standard InChI is InChI=1S/C21H44O3/c1-3-4-5-6-7-8-9-10-11-12-13-14-15-16-17-21(23)19-24-18-20(2)22/h20-23H,3-19H2,1-2H3. The van der Waals surface area contributed by atoms with E-state index in [0.29, 0.717) is 13.2 Å². The molecule has 0 saturated heterocycles. The van der Waals surface area contributed by atoms with Crippen LogP contribution in [0.2, 0.25) is 0 Å². The maximum atomic E-state index is 9.75. The maximum absolute atomic E-state index is 9.75. The van der Waals surface area contributed by atoms with Gasteiger partial charge in [-0.2, -0.15) is 0 Å². The van der Waals surface area contributed by atoms with Gasteiger partial charge in [-0.05, 0) is 13.3 Å². The van der Waals surface area contributed by atoms with Crippen LogP contribution in [-0.2, 0) is 4.74 Å². The van der Waals surface area contributed by atoms with E-state index < -0.39 is 6.10 Å². The molecule has 24 heavy (non-hydrogen) atoms. The van der Waals surface area contributed by atoms with Gasteiger partial charge in [-0.3, -0.25) is 0 Å². The van der Waals surface area contributed by atoms with Crippen molar-refractivity contribution in [2.24, 2.45) is 0 Å². The molecule has 2 N–H and O–H groups in total. The first-order valence-corrected chi connectivity index (χ1v) is 10.6. The summed E-state index contributed by atoms with van der Waals surface area (Å²) in [6.45, 7) is 4.63. The van der Waals surface area contributed by atoms with Crippen LogP contribution in [0.5, 0.6) is 0 Å². The lowest BCUT2D eigenvalue weighted by Crippen LogP contribution is -2.19. The van der Waals surface area contributed by atoms with Crippen LogP contribution in [0.25, 0.3) is 0 Å². The molecule has 0 aromatic heterocycles. The van der Waals surface area contributed by atoms with Crippen LogP contribution >= 0.6 is 0 Å². The van der Waals surface area contributed by atoms with Crippen LogP contribution < -0.4 is 0 Å². The highest BCUT2D eigenvalue weighted by atomic mass is 16.5. The second-order valence-corrected chi connectivity index (χ2v) is 7.43. The van der Waals surface area contributed by atoms with Crippen molar-refractivity contribution in [3.8, 4) is 0 Å². The number of rotatable bonds is 19. The molecule has 2 unspecified atom stereocenters. The van der Waals surface area contributed by atoms with Crippen molar-refractivity contribution in [3.05, 3.63) is 0 Å². The second kappa shape index (κ2) is 19.2. The Hall–Kier alpha value is -0.120. The van der Waals surface area contributed by atoms with Gasteiger partial charge in [-0.15, -0.1) is 0 Å². The van der Waals surface area contributed by atoms with Gasteiger partial charge in [0.2, 0.25) is 0 Å². The Morgan fingerprint density at radius 2 is 1.04 bits per heavy atom. The van der Waals surface area contributed by atoms with Crippen molar-refractivity contribution in [2.45, 2.75) is 122 Å². The minimum atomic E-state index is -0.446. The quantitative estimate of drug-likeness (QED) is 0.299. The third kappa shape index (κ3) is 19.9. The fourth-order valence-electron chi connectivity index (χ4n) is 3.03. The summed E-state index contributed by atoms with van der Waals surface area (Å²) in [6.07, 6.45) is 19.0. The number of aliphatic hydroxyl groups is 2. The van der Waals surface area contributed by atoms with Crippen molar-refractivity contribution in [1.29, 1.82) is 0 Å². The molecule has 0 bridgehead atoms. The second-order valence-electron chi connectivity index (χ2n) is 7.43. The van der Waals surface area contributed by atoms with Crippen LogP contribution in [0.3, 0.4) is 0 Å². The van der Waals surface area contributed by atoms with E-state index in [0.717, 1.165) is 12.8 Å². The average Bonchev–Trinajstić information content (AvgIpc) is 2.55. The Morgan fingerprint density at radius 1 is 0.625 bits per heavy atom. The van der Waals surface area contributed by atoms with Crippen LogP contribution in [0.15, 0.2) is 0 Å². The molecule has 146 valence electrons. The zero-order valence-corrected chi connectivity index (χ0v) is 16.5. The summed E-state index contributed by atoms with van der Waals surface area (Å²) in [5.74, 6) is 0. The van der Waals surface area contributed by atoms with Crippen molar-refractivity contribution in [3.63, 3.8) is 0 Å². The lowest BCUT2D eigenvalue weighted by atomic mass is 10.0. The van der Waals surface area contributed by atoms with E-state index in [4.69, 9.17) is 9.84 Å². The van der Waals surface area contributed by atoms with E-state index in [1.165, 1.54) is 83.5 Å². The maximum Gasteiger partial charge on any atom is 0.0773 e. The molecule has 0 aromatic rings. The number of aliphatic hydroxyl groups excluding tert-OH is 2. The average molecular weight is 345 g/mol. The summed E-state index contributed by atoms with van der Waals surface area (Å²) in [4.78, 5) is 0. The highest BCUT2D eigenvalue weighted by Gasteiger charge is 2.05. The van der Waals surface area contributed by atoms with E-state index in [2.05, 4.69) is 6.92 Å². The van der Waals surface area contributed by atoms with Gasteiger partial charge in [0.25, 0.3) is 0 Å². The van der Waals surface area contributed by atoms with Crippen LogP contribution in [0.1, 0.15) is 110 Å². The largest absolute Gasteiger partial charge is 0.391 e. The molecule has 2 atom stereocenters. The van der Waals surface area contributed by atoms with Crippen molar-refractivity contribution in [1.82, 2.24) is 0 Å². The Bertz CT molecular complexity index is 231. The molecule has 0 aromatic carbocycles. The lowest BCUT2D eigenvalue weighted by Gasteiger charge is -2.12. The Labute approximate surface area is 151 Å². The summed E-state index contributed by atoms with van der Waals surface area (Å²) >= 11 is 0. The van der Waals surface area contributed by atoms with Gasteiger partial charge < -0.3 is 14.9 Å². The van der Waals surface area contributed by atoms with Crippen molar-refractivity contribution in [2.75, 3.05) is 13.2 Å². The number of hydrogen-bond acceptors (Lipinski definition) is 3. The molecule has 3 nitrogen and oxygen atoms in total. The molecule has 0 heterocycles. The fourth-order valence-corrected chi connectivity index (χ4v) is 3.03. The highest BCUT2D eigenvalue weighted by molar-refractivity contribution is 4.56. The molecule has 0 rings (SSSR count). The predicted molar refractivity (Wildman–Crippen MR) is 103 cm³/mol. The van der Waals surface area contributed by atoms with E-state index in [1.54, 1.807) is 6.92 Å². The van der Waals surface area contributed by atoms with E-state index in [1.807, 2.05) is 0 Å². The monoisotopic (exact) mass is 344 g/mol. The summed E-state index contributed by atoms with van der Waals surface area (Å²) < 4.78 is 5.23. The molecular formula is C21H44O3. The number of unbranched alkanes of at least 4 members (excludes halogenated alkanes) is 13. The smallest absolute Gasteiger partial charge is 0.0773 e. The highest BCUT2D eigenvalue weighted by Crippen LogP contribution is 2.13. The first-order chi connectivity index (χ1) is 11.7. The third-order valence-corrected chi connectivity index (χ3v) is 4.56. The Balaban J connectivity index is 3.09. The van der Waals surface area contributed by atoms with Crippen LogP contribution in [-0.4, -0.2) is 35.6 Å². The van der Waals surface area contributed by atoms with Gasteiger partial charge in [0.15, 0.2) is 0 Å². The first-order valence-electron chi connectivity index (χ1n) is 10.6. The topological polar surface area (TPSA) is 49.7 Å². The minimum absolute atomic E-state index is 0.315. The first kappa shape index (κ1) is 23.9. The molecular weight excluding hydrogens is 300 g/mol. The van der Waals surface area contributed by atoms with Gasteiger partial charge in [0, 0.05) is 0 Å². The molecule has 0 aliphatic carbocycles. The summed E-state index contributed by atoms with van der Waals surface area (Å²) in [5, 5.41) is 18.8.